The van der Waals surface area contributed by atoms with Crippen LogP contribution in [0.2, 0.25) is 0 Å². The normalized spacial score (nSPS) is 9.70. The van der Waals surface area contributed by atoms with Gasteiger partial charge in [0.1, 0.15) is 0 Å². The van der Waals surface area contributed by atoms with Crippen LogP contribution in [0.3, 0.4) is 0 Å². The van der Waals surface area contributed by atoms with Gasteiger partial charge in [-0.05, 0) is 0 Å². The summed E-state index contributed by atoms with van der Waals surface area (Å²) in [7, 11) is 0. The van der Waals surface area contributed by atoms with E-state index >= 15 is 0 Å². The third-order valence-corrected chi connectivity index (χ3v) is 1.44. The van der Waals surface area contributed by atoms with Crippen LogP contribution in [0, 0.1) is 6.54 Å². The molecular weight excluding hydrogens is 122 g/mol. The third-order valence-electron chi connectivity index (χ3n) is 1.44. The highest BCUT2D eigenvalue weighted by atomic mass is 14.5. The Kier molecular flexibility index (Phi) is 2.97. The molecule has 1 heteroatoms. The van der Waals surface area contributed by atoms with Gasteiger partial charge < -0.3 is 5.73 Å². The maximum absolute atomic E-state index is 5.25. The third kappa shape index (κ3) is 2.19. The van der Waals surface area contributed by atoms with Gasteiger partial charge in [0, 0.05) is 0 Å². The molecule has 0 saturated carbocycles. The van der Waals surface area contributed by atoms with Crippen LogP contribution in [0.15, 0.2) is 30.3 Å². The van der Waals surface area contributed by atoms with Gasteiger partial charge in [-0.2, -0.15) is 6.42 Å². The Balaban J connectivity index is 2.43. The van der Waals surface area contributed by atoms with E-state index < -0.39 is 0 Å². The summed E-state index contributed by atoms with van der Waals surface area (Å²) in [5, 5.41) is 0. The number of hydrogen-bond donors (Lipinski definition) is 1. The van der Waals surface area contributed by atoms with E-state index in [9.17, 15) is 0 Å². The van der Waals surface area contributed by atoms with Crippen LogP contribution in [-0.2, 0) is 6.42 Å². The van der Waals surface area contributed by atoms with Crippen molar-refractivity contribution in [2.24, 2.45) is 5.73 Å². The smallest absolute Gasteiger partial charge is 0.0505 e. The molecule has 1 aromatic carbocycles. The molecule has 1 rings (SSSR count). The second kappa shape index (κ2) is 4.07. The molecule has 0 amide bonds. The quantitative estimate of drug-likeness (QED) is 0.626. The van der Waals surface area contributed by atoms with E-state index in [2.05, 4.69) is 12.1 Å². The first-order valence-corrected chi connectivity index (χ1v) is 3.51. The molecule has 0 spiro atoms. The maximum atomic E-state index is 5.25. The van der Waals surface area contributed by atoms with Crippen LogP contribution in [0.1, 0.15) is 12.0 Å². The van der Waals surface area contributed by atoms with Crippen molar-refractivity contribution in [2.75, 3.05) is 0 Å². The van der Waals surface area contributed by atoms with E-state index in [-0.39, 0.29) is 0 Å². The highest BCUT2D eigenvalue weighted by Crippen LogP contribution is 2.01. The van der Waals surface area contributed by atoms with Crippen molar-refractivity contribution < 1.29 is 0 Å². The number of nitrogens with two attached hydrogens (primary N) is 1. The van der Waals surface area contributed by atoms with Gasteiger partial charge in [0.05, 0.1) is 0 Å². The molecule has 0 unspecified atom stereocenters. The lowest BCUT2D eigenvalue weighted by Crippen LogP contribution is -1.92. The molecule has 2 N–H and O–H groups in total. The van der Waals surface area contributed by atoms with Crippen LogP contribution < -0.4 is 5.73 Å². The van der Waals surface area contributed by atoms with E-state index in [0.717, 1.165) is 12.8 Å². The zero-order valence-corrected chi connectivity index (χ0v) is 5.96. The largest absolute Gasteiger partial charge is 0.483 e. The van der Waals surface area contributed by atoms with Gasteiger partial charge in [0.15, 0.2) is 0 Å². The minimum atomic E-state index is 0.962. The lowest BCUT2D eigenvalue weighted by Gasteiger charge is -2.03. The van der Waals surface area contributed by atoms with Crippen molar-refractivity contribution in [2.45, 2.75) is 12.8 Å². The lowest BCUT2D eigenvalue weighted by molar-refractivity contribution is 0.921. The molecule has 0 aliphatic rings. The lowest BCUT2D eigenvalue weighted by atomic mass is 10.1. The minimum absolute atomic E-state index is 0.962. The maximum Gasteiger partial charge on any atom is -0.0505 e. The molecule has 10 heavy (non-hydrogen) atoms. The van der Waals surface area contributed by atoms with Crippen molar-refractivity contribution in [1.29, 1.82) is 0 Å². The summed E-state index contributed by atoms with van der Waals surface area (Å²) in [6.45, 7) is 1.70. The average molecular weight is 134 g/mol. The second-order valence-corrected chi connectivity index (χ2v) is 2.26. The van der Waals surface area contributed by atoms with Crippen molar-refractivity contribution in [3.05, 3.63) is 42.4 Å². The molecule has 1 aromatic rings. The second-order valence-electron chi connectivity index (χ2n) is 2.26. The first-order valence-electron chi connectivity index (χ1n) is 3.51. The standard InChI is InChI=1S/C9H12N/c10-8-4-7-9-5-2-1-3-6-9/h1-3,5-6,8H,4,7,10H2/q-1. The van der Waals surface area contributed by atoms with Gasteiger partial charge >= 0.3 is 0 Å². The van der Waals surface area contributed by atoms with Gasteiger partial charge in [-0.3, -0.25) is 6.54 Å². The molecule has 1 nitrogen and oxygen atoms in total. The fourth-order valence-corrected chi connectivity index (χ4v) is 0.895. The fraction of sp³-hybridized carbons (Fsp3) is 0.222. The van der Waals surface area contributed by atoms with Gasteiger partial charge in [-0.1, -0.05) is 42.3 Å². The van der Waals surface area contributed by atoms with E-state index in [1.807, 2.05) is 18.2 Å². The molecule has 0 bridgehead atoms. The van der Waals surface area contributed by atoms with Gasteiger partial charge in [-0.25, -0.2) is 0 Å². The van der Waals surface area contributed by atoms with Gasteiger partial charge in [0.25, 0.3) is 0 Å². The van der Waals surface area contributed by atoms with Crippen LogP contribution in [-0.4, -0.2) is 0 Å². The average Bonchev–Trinajstić information content (AvgIpc) is 2.03. The van der Waals surface area contributed by atoms with Gasteiger partial charge in [0.2, 0.25) is 0 Å². The Morgan fingerprint density at radius 3 is 2.50 bits per heavy atom. The van der Waals surface area contributed by atoms with E-state index in [4.69, 9.17) is 5.73 Å². The molecule has 0 atom stereocenters. The van der Waals surface area contributed by atoms with Crippen LogP contribution >= 0.6 is 0 Å². The summed E-state index contributed by atoms with van der Waals surface area (Å²) >= 11 is 0. The summed E-state index contributed by atoms with van der Waals surface area (Å²) in [4.78, 5) is 0. The predicted molar refractivity (Wildman–Crippen MR) is 43.3 cm³/mol. The Morgan fingerprint density at radius 2 is 1.90 bits per heavy atom. The first kappa shape index (κ1) is 7.29. The number of hydrogen-bond acceptors (Lipinski definition) is 1. The Bertz CT molecular complexity index is 169. The topological polar surface area (TPSA) is 26.0 Å². The molecule has 54 valence electrons. The van der Waals surface area contributed by atoms with E-state index in [1.54, 1.807) is 6.54 Å². The predicted octanol–water partition coefficient (Wildman–Crippen LogP) is 1.74. The first-order chi connectivity index (χ1) is 4.93. The van der Waals surface area contributed by atoms with Crippen molar-refractivity contribution in [1.82, 2.24) is 0 Å². The summed E-state index contributed by atoms with van der Waals surface area (Å²) in [5.74, 6) is 0. The fourth-order valence-electron chi connectivity index (χ4n) is 0.895. The van der Waals surface area contributed by atoms with Crippen LogP contribution in [0.25, 0.3) is 0 Å². The molecule has 0 fully saturated rings. The highest BCUT2D eigenvalue weighted by molar-refractivity contribution is 5.14. The highest BCUT2D eigenvalue weighted by Gasteiger charge is 1.83. The van der Waals surface area contributed by atoms with Crippen molar-refractivity contribution >= 4 is 0 Å². The summed E-state index contributed by atoms with van der Waals surface area (Å²) in [6.07, 6.45) is 2.02. The molecule has 0 aliphatic heterocycles. The van der Waals surface area contributed by atoms with E-state index in [1.165, 1.54) is 5.56 Å². The van der Waals surface area contributed by atoms with Crippen LogP contribution in [0.4, 0.5) is 0 Å². The number of aryl methyl sites for hydroxylation is 1. The molecule has 0 radical (unpaired) electrons. The Hall–Kier alpha value is -0.820. The Morgan fingerprint density at radius 1 is 1.20 bits per heavy atom. The Labute approximate surface area is 61.9 Å². The summed E-state index contributed by atoms with van der Waals surface area (Å²) in [6, 6.07) is 10.3. The number of rotatable bonds is 3. The zero-order valence-electron chi connectivity index (χ0n) is 5.96. The molecule has 0 aromatic heterocycles. The molecule has 0 saturated heterocycles. The van der Waals surface area contributed by atoms with Crippen molar-refractivity contribution in [3.8, 4) is 0 Å². The van der Waals surface area contributed by atoms with Crippen molar-refractivity contribution in [3.63, 3.8) is 0 Å². The molecule has 0 heterocycles. The van der Waals surface area contributed by atoms with Crippen LogP contribution in [0.5, 0.6) is 0 Å². The summed E-state index contributed by atoms with van der Waals surface area (Å²) < 4.78 is 0. The minimum Gasteiger partial charge on any atom is -0.483 e. The molecule has 0 aliphatic carbocycles. The summed E-state index contributed by atoms with van der Waals surface area (Å²) in [5.41, 5.74) is 6.60. The van der Waals surface area contributed by atoms with E-state index in [0.29, 0.717) is 0 Å². The number of benzene rings is 1. The zero-order chi connectivity index (χ0) is 7.23. The SMILES string of the molecule is N[CH-]CCc1ccccc1. The molecular formula is C9H12N-. The monoisotopic (exact) mass is 134 g/mol. The van der Waals surface area contributed by atoms with Gasteiger partial charge in [-0.15, -0.1) is 0 Å².